The number of hydrogen-bond acceptors (Lipinski definition) is 10. The summed E-state index contributed by atoms with van der Waals surface area (Å²) in [6.45, 7) is 6.58. The first-order valence-electron chi connectivity index (χ1n) is 21.7. The number of amides is 3. The molecule has 2 N–H and O–H groups in total. The summed E-state index contributed by atoms with van der Waals surface area (Å²) >= 11 is 0. The van der Waals surface area contributed by atoms with Gasteiger partial charge in [-0.3, -0.25) is 33.5 Å². The lowest BCUT2D eigenvalue weighted by molar-refractivity contribution is -0.135. The fraction of sp³-hybridized carbons (Fsp3) is 0.558. The molecule has 3 saturated heterocycles. The molecule has 3 aliphatic heterocycles. The minimum atomic E-state index is -2.86. The van der Waals surface area contributed by atoms with Crippen molar-refractivity contribution in [2.75, 3.05) is 54.9 Å². The molecule has 16 nitrogen and oxygen atoms in total. The van der Waals surface area contributed by atoms with E-state index in [0.29, 0.717) is 35.5 Å². The van der Waals surface area contributed by atoms with Gasteiger partial charge in [-0.25, -0.2) is 23.1 Å². The minimum Gasteiger partial charge on any atom is -0.370 e. The van der Waals surface area contributed by atoms with Gasteiger partial charge in [0.25, 0.3) is 12.3 Å². The second-order valence-electron chi connectivity index (χ2n) is 17.6. The van der Waals surface area contributed by atoms with Gasteiger partial charge in [0.2, 0.25) is 11.8 Å². The van der Waals surface area contributed by atoms with E-state index in [1.54, 1.807) is 28.7 Å². The molecular weight excluding hydrogens is 787 g/mol. The number of imidazole rings is 1. The van der Waals surface area contributed by atoms with Gasteiger partial charge in [-0.1, -0.05) is 13.0 Å². The van der Waals surface area contributed by atoms with Crippen molar-refractivity contribution in [1.29, 1.82) is 0 Å². The van der Waals surface area contributed by atoms with Crippen molar-refractivity contribution in [3.8, 4) is 0 Å². The highest BCUT2D eigenvalue weighted by Gasteiger charge is 2.34. The Bertz CT molecular complexity index is 2500. The first-order chi connectivity index (χ1) is 29.4. The molecule has 5 aromatic rings. The average molecular weight is 841 g/mol. The largest absolute Gasteiger partial charge is 0.370 e. The second kappa shape index (κ2) is 16.7. The molecule has 0 radical (unpaired) electrons. The van der Waals surface area contributed by atoms with Crippen molar-refractivity contribution in [1.82, 2.24) is 43.7 Å². The number of hydrogen-bond donors (Lipinski definition) is 2. The fourth-order valence-electron chi connectivity index (χ4n) is 10.1. The van der Waals surface area contributed by atoms with Crippen molar-refractivity contribution in [3.63, 3.8) is 0 Å². The van der Waals surface area contributed by atoms with Crippen LogP contribution in [0.2, 0.25) is 0 Å². The lowest BCUT2D eigenvalue weighted by atomic mass is 9.85. The molecule has 9 rings (SSSR count). The van der Waals surface area contributed by atoms with E-state index < -0.39 is 30.0 Å². The van der Waals surface area contributed by atoms with Crippen LogP contribution in [0, 0.1) is 11.8 Å². The van der Waals surface area contributed by atoms with Gasteiger partial charge in [-0.2, -0.15) is 10.2 Å². The number of aryl methyl sites for hydroxylation is 1. The Morgan fingerprint density at radius 1 is 0.967 bits per heavy atom. The molecule has 3 amide bonds. The van der Waals surface area contributed by atoms with Gasteiger partial charge in [0.15, 0.2) is 11.3 Å². The molecule has 18 heteroatoms. The van der Waals surface area contributed by atoms with Crippen molar-refractivity contribution < 1.29 is 23.2 Å². The summed E-state index contributed by atoms with van der Waals surface area (Å²) < 4.78 is 35.0. The molecule has 4 aliphatic rings. The zero-order valence-electron chi connectivity index (χ0n) is 35.0. The number of rotatable bonds is 10. The van der Waals surface area contributed by atoms with Crippen LogP contribution in [0.5, 0.6) is 0 Å². The van der Waals surface area contributed by atoms with Crippen molar-refractivity contribution in [2.24, 2.45) is 18.9 Å². The van der Waals surface area contributed by atoms with Crippen LogP contribution in [-0.2, 0) is 16.6 Å². The molecule has 0 bridgehead atoms. The van der Waals surface area contributed by atoms with Crippen LogP contribution < -0.4 is 26.1 Å². The zero-order chi connectivity index (χ0) is 42.5. The number of benzene rings is 1. The fourth-order valence-corrected chi connectivity index (χ4v) is 10.1. The maximum atomic E-state index is 14.3. The number of piperidine rings is 3. The number of fused-ring (bicyclic) bond motifs is 2. The van der Waals surface area contributed by atoms with Crippen molar-refractivity contribution >= 4 is 51.6 Å². The Hall–Kier alpha value is -5.65. The van der Waals surface area contributed by atoms with E-state index in [0.717, 1.165) is 101 Å². The van der Waals surface area contributed by atoms with E-state index >= 15 is 0 Å². The molecule has 1 saturated carbocycles. The SMILES string of the molecule is CC1CCN(c2ccn3ncc(C(=O)Nc4cn(C5CCC(CN(C)C6CCN(c7cccc8c7n(C)c(=O)n8C7CCC(=O)NC7=O)CC6)CC5)nc4C(F)F)c3n2)CC1. The third kappa shape index (κ3) is 7.90. The third-order valence-corrected chi connectivity index (χ3v) is 13.7. The maximum absolute atomic E-state index is 14.3. The number of aromatic nitrogens is 7. The predicted octanol–water partition coefficient (Wildman–Crippen LogP) is 5.32. The number of nitrogens with zero attached hydrogens (tertiary/aromatic N) is 10. The van der Waals surface area contributed by atoms with Crippen LogP contribution in [0.15, 0.2) is 47.7 Å². The number of imide groups is 1. The van der Waals surface area contributed by atoms with Crippen LogP contribution in [0.3, 0.4) is 0 Å². The van der Waals surface area contributed by atoms with Gasteiger partial charge >= 0.3 is 5.69 Å². The molecule has 1 unspecified atom stereocenters. The summed E-state index contributed by atoms with van der Waals surface area (Å²) in [6.07, 6.45) is 9.87. The van der Waals surface area contributed by atoms with Crippen molar-refractivity contribution in [3.05, 3.63) is 64.6 Å². The Morgan fingerprint density at radius 2 is 1.70 bits per heavy atom. The van der Waals surface area contributed by atoms with Crippen LogP contribution in [0.25, 0.3) is 16.7 Å². The van der Waals surface area contributed by atoms with Crippen LogP contribution in [0.4, 0.5) is 26.0 Å². The molecule has 61 heavy (non-hydrogen) atoms. The summed E-state index contributed by atoms with van der Waals surface area (Å²) in [7, 11) is 3.92. The molecular formula is C43H54F2N12O4. The Kier molecular flexibility index (Phi) is 11.1. The van der Waals surface area contributed by atoms with Crippen LogP contribution in [0.1, 0.15) is 106 Å². The standard InChI is InChI=1S/C43H54F2N12O4/c1-26-13-18-54(19-14-26)35-17-22-55-40(48-35)30(23-46-55)41(59)47-31-25-56(50-37(31)39(44)45)29-9-7-27(8-10-29)24-51(2)28-15-20-53(21-16-28)32-5-4-6-33-38(32)52(3)43(61)57(33)34-11-12-36(58)49-42(34)60/h4-6,17,22-23,25-29,34,39H,7-16,18-21,24H2,1-3H3,(H,47,59)(H,49,58,60). The first-order valence-corrected chi connectivity index (χ1v) is 21.7. The quantitative estimate of drug-likeness (QED) is 0.177. The Labute approximate surface area is 351 Å². The zero-order valence-corrected chi connectivity index (χ0v) is 35.0. The Balaban J connectivity index is 0.799. The van der Waals surface area contributed by atoms with E-state index in [2.05, 4.69) is 49.5 Å². The lowest BCUT2D eigenvalue weighted by Crippen LogP contribution is -2.45. The van der Waals surface area contributed by atoms with Gasteiger partial charge in [0, 0.05) is 64.6 Å². The van der Waals surface area contributed by atoms with E-state index in [1.165, 1.54) is 15.3 Å². The highest BCUT2D eigenvalue weighted by Crippen LogP contribution is 2.37. The van der Waals surface area contributed by atoms with Crippen LogP contribution >= 0.6 is 0 Å². The van der Waals surface area contributed by atoms with Gasteiger partial charge in [-0.05, 0) is 94.9 Å². The number of para-hydroxylation sites is 1. The number of anilines is 3. The van der Waals surface area contributed by atoms with E-state index in [1.807, 2.05) is 24.3 Å². The monoisotopic (exact) mass is 840 g/mol. The average Bonchev–Trinajstić information content (AvgIpc) is 3.95. The van der Waals surface area contributed by atoms with Crippen LogP contribution in [-0.4, -0.2) is 102 Å². The summed E-state index contributed by atoms with van der Waals surface area (Å²) in [6, 6.07) is 7.32. The lowest BCUT2D eigenvalue weighted by Gasteiger charge is -2.40. The predicted molar refractivity (Wildman–Crippen MR) is 226 cm³/mol. The third-order valence-electron chi connectivity index (χ3n) is 13.7. The van der Waals surface area contributed by atoms with Gasteiger partial charge in [-0.15, -0.1) is 0 Å². The molecule has 1 aromatic carbocycles. The molecule has 7 heterocycles. The van der Waals surface area contributed by atoms with E-state index in [9.17, 15) is 28.0 Å². The molecule has 1 aliphatic carbocycles. The molecule has 4 aromatic heterocycles. The summed E-state index contributed by atoms with van der Waals surface area (Å²) in [5.74, 6) is 0.567. The molecule has 324 valence electrons. The van der Waals surface area contributed by atoms with E-state index in [4.69, 9.17) is 4.98 Å². The molecule has 1 atom stereocenters. The summed E-state index contributed by atoms with van der Waals surface area (Å²) in [4.78, 5) is 63.3. The van der Waals surface area contributed by atoms with Gasteiger partial charge < -0.3 is 20.0 Å². The summed E-state index contributed by atoms with van der Waals surface area (Å²) in [5.41, 5.74) is 2.30. The topological polar surface area (TPSA) is 160 Å². The first kappa shape index (κ1) is 40.7. The maximum Gasteiger partial charge on any atom is 0.329 e. The minimum absolute atomic E-state index is 0.000866. The van der Waals surface area contributed by atoms with Gasteiger partial charge in [0.05, 0.1) is 34.6 Å². The number of halogens is 2. The number of nitrogens with one attached hydrogen (secondary N) is 2. The summed E-state index contributed by atoms with van der Waals surface area (Å²) in [5, 5.41) is 13.7. The number of carbonyl (C=O) groups is 3. The second-order valence-corrected chi connectivity index (χ2v) is 17.6. The Morgan fingerprint density at radius 3 is 2.43 bits per heavy atom. The van der Waals surface area contributed by atoms with Gasteiger partial charge in [0.1, 0.15) is 17.4 Å². The molecule has 4 fully saturated rings. The van der Waals surface area contributed by atoms with Crippen molar-refractivity contribution in [2.45, 2.75) is 95.7 Å². The smallest absolute Gasteiger partial charge is 0.329 e. The molecule has 0 spiro atoms. The number of alkyl halides is 2. The normalized spacial score (nSPS) is 22.2. The number of carbonyl (C=O) groups excluding carboxylic acids is 3. The highest BCUT2D eigenvalue weighted by molar-refractivity contribution is 6.08. The highest BCUT2D eigenvalue weighted by atomic mass is 19.3. The van der Waals surface area contributed by atoms with E-state index in [-0.39, 0.29) is 35.3 Å².